The number of aromatic nitrogens is 3. The molecule has 0 aliphatic heterocycles. The summed E-state index contributed by atoms with van der Waals surface area (Å²) in [5.74, 6) is 0.328. The van der Waals surface area contributed by atoms with Gasteiger partial charge >= 0.3 is 5.97 Å². The Morgan fingerprint density at radius 3 is 2.48 bits per heavy atom. The van der Waals surface area contributed by atoms with Gasteiger partial charge in [-0.05, 0) is 47.9 Å². The summed E-state index contributed by atoms with van der Waals surface area (Å²) in [5, 5.41) is 4.28. The summed E-state index contributed by atoms with van der Waals surface area (Å²) in [6.45, 7) is 2.68. The quantitative estimate of drug-likeness (QED) is 0.388. The van der Waals surface area contributed by atoms with E-state index in [-0.39, 0.29) is 22.6 Å². The summed E-state index contributed by atoms with van der Waals surface area (Å²) in [7, 11) is 1.32. The minimum Gasteiger partial charge on any atom is -0.494 e. The van der Waals surface area contributed by atoms with Crippen LogP contribution in [0.4, 0.5) is 0 Å². The Labute approximate surface area is 192 Å². The number of rotatable bonds is 7. The van der Waals surface area contributed by atoms with Crippen molar-refractivity contribution in [3.8, 4) is 5.75 Å². The van der Waals surface area contributed by atoms with E-state index in [9.17, 15) is 14.4 Å². The minimum atomic E-state index is -0.462. The summed E-state index contributed by atoms with van der Waals surface area (Å²) in [6.07, 6.45) is 2.85. The average molecular weight is 464 g/mol. The minimum absolute atomic E-state index is 0.193. The Bertz CT molecular complexity index is 1460. The molecule has 0 aliphatic carbocycles. The van der Waals surface area contributed by atoms with E-state index < -0.39 is 11.5 Å². The Morgan fingerprint density at radius 1 is 1.09 bits per heavy atom. The van der Waals surface area contributed by atoms with Crippen LogP contribution < -0.4 is 20.4 Å². The third-order valence-electron chi connectivity index (χ3n) is 4.85. The second-order valence-corrected chi connectivity index (χ2v) is 8.27. The molecule has 4 aromatic rings. The number of fused-ring (bicyclic) bond motifs is 1. The van der Waals surface area contributed by atoms with Crippen LogP contribution in [0.5, 0.6) is 5.75 Å². The fourth-order valence-corrected chi connectivity index (χ4v) is 4.06. The number of benzene rings is 2. The van der Waals surface area contributed by atoms with Crippen LogP contribution in [0, 0.1) is 0 Å². The number of ether oxygens (including phenoxy) is 2. The molecule has 0 radical (unpaired) electrons. The van der Waals surface area contributed by atoms with E-state index in [2.05, 4.69) is 14.8 Å². The Morgan fingerprint density at radius 2 is 1.82 bits per heavy atom. The summed E-state index contributed by atoms with van der Waals surface area (Å²) in [5.41, 5.74) is 1.38. The maximum atomic E-state index is 12.9. The third-order valence-corrected chi connectivity index (χ3v) is 5.81. The molecular formula is C24H21N3O5S. The second kappa shape index (κ2) is 9.74. The molecule has 0 aliphatic rings. The molecule has 0 atom stereocenters. The highest BCUT2D eigenvalue weighted by Crippen LogP contribution is 2.14. The van der Waals surface area contributed by atoms with Gasteiger partial charge in [0, 0.05) is 6.42 Å². The van der Waals surface area contributed by atoms with Crippen molar-refractivity contribution in [1.82, 2.24) is 14.6 Å². The topological polar surface area (TPSA) is 99.9 Å². The molecule has 0 saturated carbocycles. The standard InChI is InChI=1S/C24H21N3O5S/c1-3-12-32-18-10-6-15(7-11-18)13-19-21(28)25-24-27(26-19)22(29)20(33-24)14-16-4-8-17(9-5-16)23(30)31-2/h4-11,14H,3,12-13H2,1-2H3/b20-14+. The van der Waals surface area contributed by atoms with E-state index in [1.807, 2.05) is 31.2 Å². The fourth-order valence-electron chi connectivity index (χ4n) is 3.15. The molecule has 0 amide bonds. The first-order chi connectivity index (χ1) is 16.0. The normalized spacial score (nSPS) is 11.6. The largest absolute Gasteiger partial charge is 0.494 e. The molecule has 2 heterocycles. The third kappa shape index (κ3) is 4.98. The monoisotopic (exact) mass is 463 g/mol. The highest BCUT2D eigenvalue weighted by Gasteiger charge is 2.12. The van der Waals surface area contributed by atoms with Crippen LogP contribution in [0.1, 0.15) is 40.5 Å². The van der Waals surface area contributed by atoms with Gasteiger partial charge < -0.3 is 9.47 Å². The summed E-state index contributed by atoms with van der Waals surface area (Å²) < 4.78 is 11.8. The Balaban J connectivity index is 1.63. The van der Waals surface area contributed by atoms with Crippen molar-refractivity contribution in [2.45, 2.75) is 19.8 Å². The van der Waals surface area contributed by atoms with Gasteiger partial charge in [0.05, 0.1) is 23.8 Å². The molecule has 8 nitrogen and oxygen atoms in total. The van der Waals surface area contributed by atoms with Gasteiger partial charge in [-0.15, -0.1) is 0 Å². The summed E-state index contributed by atoms with van der Waals surface area (Å²) in [4.78, 5) is 41.2. The molecular weight excluding hydrogens is 442 g/mol. The number of hydrogen-bond donors (Lipinski definition) is 0. The molecule has 4 rings (SSSR count). The van der Waals surface area contributed by atoms with Crippen molar-refractivity contribution < 1.29 is 14.3 Å². The predicted octanol–water partition coefficient (Wildman–Crippen LogP) is 2.23. The number of carbonyl (C=O) groups excluding carboxylic acids is 1. The van der Waals surface area contributed by atoms with Gasteiger partial charge in [-0.1, -0.05) is 42.5 Å². The van der Waals surface area contributed by atoms with Crippen molar-refractivity contribution >= 4 is 28.3 Å². The van der Waals surface area contributed by atoms with E-state index in [4.69, 9.17) is 4.74 Å². The van der Waals surface area contributed by atoms with Crippen molar-refractivity contribution in [3.63, 3.8) is 0 Å². The lowest BCUT2D eigenvalue weighted by Crippen LogP contribution is -2.28. The first-order valence-electron chi connectivity index (χ1n) is 10.3. The van der Waals surface area contributed by atoms with E-state index >= 15 is 0 Å². The van der Waals surface area contributed by atoms with Crippen LogP contribution in [0.25, 0.3) is 11.0 Å². The summed E-state index contributed by atoms with van der Waals surface area (Å²) in [6, 6.07) is 14.1. The number of thiazole rings is 1. The van der Waals surface area contributed by atoms with Crippen LogP contribution >= 0.6 is 11.3 Å². The van der Waals surface area contributed by atoms with Gasteiger partial charge in [0.2, 0.25) is 4.96 Å². The van der Waals surface area contributed by atoms with Gasteiger partial charge in [-0.3, -0.25) is 9.59 Å². The van der Waals surface area contributed by atoms with Crippen molar-refractivity contribution in [2.24, 2.45) is 0 Å². The van der Waals surface area contributed by atoms with E-state index in [0.29, 0.717) is 16.7 Å². The molecule has 33 heavy (non-hydrogen) atoms. The lowest BCUT2D eigenvalue weighted by Gasteiger charge is -2.05. The van der Waals surface area contributed by atoms with Crippen molar-refractivity contribution in [1.29, 1.82) is 0 Å². The van der Waals surface area contributed by atoms with Gasteiger partial charge in [0.25, 0.3) is 11.1 Å². The molecule has 0 bridgehead atoms. The van der Waals surface area contributed by atoms with E-state index in [1.54, 1.807) is 30.3 Å². The second-order valence-electron chi connectivity index (χ2n) is 7.26. The van der Waals surface area contributed by atoms with Crippen molar-refractivity contribution in [3.05, 3.63) is 96.2 Å². The molecule has 0 spiro atoms. The van der Waals surface area contributed by atoms with Crippen molar-refractivity contribution in [2.75, 3.05) is 13.7 Å². The first-order valence-corrected chi connectivity index (χ1v) is 11.1. The highest BCUT2D eigenvalue weighted by atomic mass is 32.1. The van der Waals surface area contributed by atoms with Crippen LogP contribution in [0.3, 0.4) is 0 Å². The maximum absolute atomic E-state index is 12.9. The predicted molar refractivity (Wildman–Crippen MR) is 125 cm³/mol. The smallest absolute Gasteiger partial charge is 0.337 e. The van der Waals surface area contributed by atoms with Gasteiger partial charge in [0.15, 0.2) is 0 Å². The lowest BCUT2D eigenvalue weighted by molar-refractivity contribution is 0.0600. The number of methoxy groups -OCH3 is 1. The summed E-state index contributed by atoms with van der Waals surface area (Å²) >= 11 is 1.09. The maximum Gasteiger partial charge on any atom is 0.337 e. The molecule has 168 valence electrons. The van der Waals surface area contributed by atoms with E-state index in [1.165, 1.54) is 7.11 Å². The van der Waals surface area contributed by atoms with E-state index in [0.717, 1.165) is 39.1 Å². The zero-order chi connectivity index (χ0) is 23.4. The molecule has 9 heteroatoms. The first kappa shape index (κ1) is 22.3. The number of carbonyl (C=O) groups is 1. The van der Waals surface area contributed by atoms with Crippen LogP contribution in [-0.2, 0) is 11.2 Å². The lowest BCUT2D eigenvalue weighted by atomic mass is 10.1. The molecule has 2 aromatic heterocycles. The van der Waals surface area contributed by atoms with Gasteiger partial charge in [0.1, 0.15) is 11.4 Å². The SMILES string of the molecule is CCCOc1ccc(Cc2nn3c(=O)/c(=C\c4ccc(C(=O)OC)cc4)sc3nc2=O)cc1. The molecule has 0 fully saturated rings. The van der Waals surface area contributed by atoms with Gasteiger partial charge in [-0.2, -0.15) is 14.6 Å². The van der Waals surface area contributed by atoms with Crippen LogP contribution in [0.15, 0.2) is 58.1 Å². The zero-order valence-corrected chi connectivity index (χ0v) is 18.9. The van der Waals surface area contributed by atoms with Gasteiger partial charge in [-0.25, -0.2) is 4.79 Å². The Hall–Kier alpha value is -3.85. The fraction of sp³-hybridized carbons (Fsp3) is 0.208. The average Bonchev–Trinajstić information content (AvgIpc) is 3.12. The highest BCUT2D eigenvalue weighted by molar-refractivity contribution is 7.15. The van der Waals surface area contributed by atoms with Crippen LogP contribution in [-0.4, -0.2) is 34.3 Å². The molecule has 2 aromatic carbocycles. The molecule has 0 unspecified atom stereocenters. The Kier molecular flexibility index (Phi) is 6.60. The number of nitrogens with zero attached hydrogens (tertiary/aromatic N) is 3. The van der Waals surface area contributed by atoms with Crippen LogP contribution in [0.2, 0.25) is 0 Å². The number of hydrogen-bond acceptors (Lipinski definition) is 8. The molecule has 0 N–H and O–H groups in total. The zero-order valence-electron chi connectivity index (χ0n) is 18.1. The number of esters is 1. The molecule has 0 saturated heterocycles.